The van der Waals surface area contributed by atoms with Gasteiger partial charge in [-0.2, -0.15) is 0 Å². The molecule has 1 aliphatic heterocycles. The maximum absolute atomic E-state index is 12.3. The minimum Gasteiger partial charge on any atom is -0.351 e. The molecule has 132 valence electrons. The Bertz CT molecular complexity index is 715. The number of hydrogen-bond donors (Lipinski definition) is 1. The Hall–Kier alpha value is -2.00. The summed E-state index contributed by atoms with van der Waals surface area (Å²) in [5.41, 5.74) is 0. The van der Waals surface area contributed by atoms with Crippen LogP contribution in [0, 0.1) is 0 Å². The van der Waals surface area contributed by atoms with Gasteiger partial charge in [-0.1, -0.05) is 6.07 Å². The van der Waals surface area contributed by atoms with Crippen molar-refractivity contribution >= 4 is 45.0 Å². The number of aromatic nitrogens is 2. The van der Waals surface area contributed by atoms with Gasteiger partial charge in [0, 0.05) is 51.5 Å². The third kappa shape index (κ3) is 4.76. The molecule has 0 aliphatic carbocycles. The van der Waals surface area contributed by atoms with E-state index in [4.69, 9.17) is 0 Å². The van der Waals surface area contributed by atoms with Gasteiger partial charge < -0.3 is 15.1 Å². The van der Waals surface area contributed by atoms with Crippen molar-refractivity contribution in [1.29, 1.82) is 0 Å². The molecular weight excluding hydrogens is 406 g/mol. The number of nitrogens with one attached hydrogen (secondary N) is 1. The van der Waals surface area contributed by atoms with E-state index in [9.17, 15) is 9.59 Å². The van der Waals surface area contributed by atoms with Crippen LogP contribution in [0.2, 0.25) is 0 Å². The summed E-state index contributed by atoms with van der Waals surface area (Å²) in [5.74, 6) is 0.612. The lowest BCUT2D eigenvalue weighted by molar-refractivity contribution is -0.131. The average Bonchev–Trinajstić information content (AvgIpc) is 3.17. The predicted octanol–water partition coefficient (Wildman–Crippen LogP) is 1.77. The molecular formula is C16H18BrN5O2S. The van der Waals surface area contributed by atoms with Crippen LogP contribution in [0.4, 0.5) is 5.95 Å². The van der Waals surface area contributed by atoms with Crippen LogP contribution >= 0.6 is 27.3 Å². The highest BCUT2D eigenvalue weighted by molar-refractivity contribution is 9.10. The first-order valence-electron chi connectivity index (χ1n) is 7.95. The van der Waals surface area contributed by atoms with Crippen LogP contribution in [0.15, 0.2) is 34.4 Å². The number of halogens is 1. The number of rotatable bonds is 5. The summed E-state index contributed by atoms with van der Waals surface area (Å²) < 4.78 is 0.842. The van der Waals surface area contributed by atoms with Crippen molar-refractivity contribution in [2.45, 2.75) is 6.42 Å². The lowest BCUT2D eigenvalue weighted by Crippen LogP contribution is -2.49. The number of carbonyl (C=O) groups excluding carboxylic acids is 2. The first-order chi connectivity index (χ1) is 12.1. The van der Waals surface area contributed by atoms with Crippen molar-refractivity contribution in [3.8, 4) is 0 Å². The lowest BCUT2D eigenvalue weighted by Gasteiger charge is -2.34. The normalized spacial score (nSPS) is 14.4. The summed E-state index contributed by atoms with van der Waals surface area (Å²) in [6.07, 6.45) is 3.75. The van der Waals surface area contributed by atoms with E-state index in [1.54, 1.807) is 18.5 Å². The van der Waals surface area contributed by atoms with E-state index >= 15 is 0 Å². The van der Waals surface area contributed by atoms with Crippen LogP contribution in [-0.2, 0) is 4.79 Å². The molecule has 0 unspecified atom stereocenters. The molecule has 9 heteroatoms. The maximum Gasteiger partial charge on any atom is 0.261 e. The fraction of sp³-hybridized carbons (Fsp3) is 0.375. The van der Waals surface area contributed by atoms with Crippen LogP contribution < -0.4 is 10.2 Å². The summed E-state index contributed by atoms with van der Waals surface area (Å²) in [6.45, 7) is 3.03. The second-order valence-corrected chi connectivity index (χ2v) is 7.42. The molecule has 0 aromatic carbocycles. The summed E-state index contributed by atoms with van der Waals surface area (Å²) in [5, 5.41) is 4.64. The molecule has 0 saturated carbocycles. The first kappa shape index (κ1) is 17.8. The van der Waals surface area contributed by atoms with E-state index in [1.807, 2.05) is 16.3 Å². The van der Waals surface area contributed by atoms with Gasteiger partial charge in [-0.05, 0) is 27.4 Å². The number of hydrogen-bond acceptors (Lipinski definition) is 6. The molecule has 2 aromatic rings. The summed E-state index contributed by atoms with van der Waals surface area (Å²) in [4.78, 5) is 37.2. The fourth-order valence-electron chi connectivity index (χ4n) is 2.56. The third-order valence-corrected chi connectivity index (χ3v) is 5.17. The van der Waals surface area contributed by atoms with Gasteiger partial charge in [0.25, 0.3) is 5.91 Å². The average molecular weight is 424 g/mol. The Morgan fingerprint density at radius 2 is 1.92 bits per heavy atom. The van der Waals surface area contributed by atoms with Crippen LogP contribution in [0.25, 0.3) is 0 Å². The van der Waals surface area contributed by atoms with Crippen molar-refractivity contribution in [2.24, 2.45) is 0 Å². The van der Waals surface area contributed by atoms with Crippen LogP contribution in [0.3, 0.4) is 0 Å². The summed E-state index contributed by atoms with van der Waals surface area (Å²) in [6, 6.07) is 3.60. The van der Waals surface area contributed by atoms with Gasteiger partial charge in [0.2, 0.25) is 11.9 Å². The molecule has 3 heterocycles. The van der Waals surface area contributed by atoms with Crippen LogP contribution in [0.1, 0.15) is 16.1 Å². The molecule has 1 saturated heterocycles. The zero-order chi connectivity index (χ0) is 17.6. The standard InChI is InChI=1S/C16H18BrN5O2S/c17-12-10-19-16(20-11-12)22-7-5-21(6-8-22)14(23)3-4-18-15(24)13-2-1-9-25-13/h1-2,9-11H,3-8H2,(H,18,24). The molecule has 3 rings (SSSR count). The third-order valence-electron chi connectivity index (χ3n) is 3.89. The number of amides is 2. The van der Waals surface area contributed by atoms with Crippen molar-refractivity contribution in [1.82, 2.24) is 20.2 Å². The molecule has 0 atom stereocenters. The van der Waals surface area contributed by atoms with E-state index in [2.05, 4.69) is 36.1 Å². The Morgan fingerprint density at radius 3 is 2.56 bits per heavy atom. The second-order valence-electron chi connectivity index (χ2n) is 5.55. The smallest absolute Gasteiger partial charge is 0.261 e. The first-order valence-corrected chi connectivity index (χ1v) is 9.63. The number of anilines is 1. The van der Waals surface area contributed by atoms with Gasteiger partial charge >= 0.3 is 0 Å². The molecule has 7 nitrogen and oxygen atoms in total. The van der Waals surface area contributed by atoms with Gasteiger partial charge in [-0.25, -0.2) is 9.97 Å². The summed E-state index contributed by atoms with van der Waals surface area (Å²) >= 11 is 4.71. The van der Waals surface area contributed by atoms with E-state index in [1.165, 1.54) is 11.3 Å². The monoisotopic (exact) mass is 423 g/mol. The van der Waals surface area contributed by atoms with Crippen molar-refractivity contribution in [3.63, 3.8) is 0 Å². The minimum absolute atomic E-state index is 0.0582. The SMILES string of the molecule is O=C(NCCC(=O)N1CCN(c2ncc(Br)cn2)CC1)c1cccs1. The molecule has 0 radical (unpaired) electrons. The van der Waals surface area contributed by atoms with Crippen molar-refractivity contribution in [2.75, 3.05) is 37.6 Å². The molecule has 1 fully saturated rings. The Morgan fingerprint density at radius 1 is 1.20 bits per heavy atom. The largest absolute Gasteiger partial charge is 0.351 e. The number of thiophene rings is 1. The Balaban J connectivity index is 1.41. The molecule has 0 bridgehead atoms. The Kier molecular flexibility index (Phi) is 5.98. The molecule has 1 aliphatic rings. The lowest BCUT2D eigenvalue weighted by atomic mass is 10.2. The number of carbonyl (C=O) groups is 2. The highest BCUT2D eigenvalue weighted by Gasteiger charge is 2.22. The molecule has 2 aromatic heterocycles. The van der Waals surface area contributed by atoms with Crippen LogP contribution in [0.5, 0.6) is 0 Å². The topological polar surface area (TPSA) is 78.4 Å². The van der Waals surface area contributed by atoms with Crippen LogP contribution in [-0.4, -0.2) is 59.4 Å². The van der Waals surface area contributed by atoms with Crippen molar-refractivity contribution in [3.05, 3.63) is 39.3 Å². The zero-order valence-electron chi connectivity index (χ0n) is 13.5. The minimum atomic E-state index is -0.125. The fourth-order valence-corrected chi connectivity index (χ4v) is 3.41. The second kappa shape index (κ2) is 8.39. The number of piperazine rings is 1. The quantitative estimate of drug-likeness (QED) is 0.792. The maximum atomic E-state index is 12.3. The molecule has 2 amide bonds. The molecule has 0 spiro atoms. The van der Waals surface area contributed by atoms with Gasteiger partial charge in [0.15, 0.2) is 0 Å². The highest BCUT2D eigenvalue weighted by atomic mass is 79.9. The van der Waals surface area contributed by atoms with E-state index < -0.39 is 0 Å². The predicted molar refractivity (Wildman–Crippen MR) is 99.8 cm³/mol. The van der Waals surface area contributed by atoms with E-state index in [-0.39, 0.29) is 11.8 Å². The van der Waals surface area contributed by atoms with Gasteiger partial charge in [0.05, 0.1) is 9.35 Å². The van der Waals surface area contributed by atoms with Gasteiger partial charge in [0.1, 0.15) is 0 Å². The number of nitrogens with zero attached hydrogens (tertiary/aromatic N) is 4. The zero-order valence-corrected chi connectivity index (χ0v) is 15.9. The van der Waals surface area contributed by atoms with Crippen molar-refractivity contribution < 1.29 is 9.59 Å². The summed E-state index contributed by atoms with van der Waals surface area (Å²) in [7, 11) is 0. The van der Waals surface area contributed by atoms with E-state index in [0.29, 0.717) is 50.0 Å². The van der Waals surface area contributed by atoms with Gasteiger partial charge in [-0.15, -0.1) is 11.3 Å². The Labute approximate surface area is 158 Å². The molecule has 25 heavy (non-hydrogen) atoms. The van der Waals surface area contributed by atoms with Gasteiger partial charge in [-0.3, -0.25) is 9.59 Å². The highest BCUT2D eigenvalue weighted by Crippen LogP contribution is 2.13. The van der Waals surface area contributed by atoms with E-state index in [0.717, 1.165) is 4.47 Å². The molecule has 1 N–H and O–H groups in total.